The van der Waals surface area contributed by atoms with E-state index in [9.17, 15) is 4.79 Å². The minimum atomic E-state index is 0.385. The minimum Gasteiger partial charge on any atom is -0.342 e. The van der Waals surface area contributed by atoms with Crippen molar-refractivity contribution < 1.29 is 4.79 Å². The van der Waals surface area contributed by atoms with Gasteiger partial charge < -0.3 is 10.2 Å². The van der Waals surface area contributed by atoms with Gasteiger partial charge in [-0.1, -0.05) is 13.8 Å². The number of piperidine rings is 1. The summed E-state index contributed by atoms with van der Waals surface area (Å²) in [5.74, 6) is 2.56. The molecule has 0 bridgehead atoms. The topological polar surface area (TPSA) is 32.3 Å². The van der Waals surface area contributed by atoms with Crippen molar-refractivity contribution in [2.75, 3.05) is 26.2 Å². The lowest BCUT2D eigenvalue weighted by Crippen LogP contribution is -2.42. The Hall–Kier alpha value is -0.570. The molecule has 1 amide bonds. The molecule has 2 saturated heterocycles. The first kappa shape index (κ1) is 12.9. The Morgan fingerprint density at radius 1 is 1.29 bits per heavy atom. The van der Waals surface area contributed by atoms with E-state index in [-0.39, 0.29) is 0 Å². The van der Waals surface area contributed by atoms with Gasteiger partial charge in [-0.05, 0) is 50.1 Å². The van der Waals surface area contributed by atoms with Crippen LogP contribution in [0.1, 0.15) is 39.5 Å². The molecule has 2 heterocycles. The SMILES string of the molecule is CC1CCN(C(=O)CCC2CCNC2)CC1C. The van der Waals surface area contributed by atoms with Gasteiger partial charge >= 0.3 is 0 Å². The van der Waals surface area contributed by atoms with Crippen LogP contribution in [0.25, 0.3) is 0 Å². The first-order chi connectivity index (χ1) is 8.16. The molecule has 2 rings (SSSR count). The van der Waals surface area contributed by atoms with Gasteiger partial charge in [0.05, 0.1) is 0 Å². The minimum absolute atomic E-state index is 0.385. The smallest absolute Gasteiger partial charge is 0.222 e. The molecule has 0 aromatic carbocycles. The lowest BCUT2D eigenvalue weighted by atomic mass is 9.88. The summed E-state index contributed by atoms with van der Waals surface area (Å²) in [5, 5.41) is 3.36. The molecule has 98 valence electrons. The van der Waals surface area contributed by atoms with Crippen LogP contribution in [0.5, 0.6) is 0 Å². The summed E-state index contributed by atoms with van der Waals surface area (Å²) in [6.07, 6.45) is 4.26. The Morgan fingerprint density at radius 2 is 2.12 bits per heavy atom. The highest BCUT2D eigenvalue weighted by atomic mass is 16.2. The molecule has 2 aliphatic heterocycles. The fourth-order valence-electron chi connectivity index (χ4n) is 2.94. The quantitative estimate of drug-likeness (QED) is 0.814. The van der Waals surface area contributed by atoms with Crippen LogP contribution in [0.15, 0.2) is 0 Å². The van der Waals surface area contributed by atoms with E-state index in [2.05, 4.69) is 24.1 Å². The van der Waals surface area contributed by atoms with Crippen LogP contribution in [0, 0.1) is 17.8 Å². The number of rotatable bonds is 3. The third kappa shape index (κ3) is 3.44. The van der Waals surface area contributed by atoms with Crippen molar-refractivity contribution in [2.24, 2.45) is 17.8 Å². The van der Waals surface area contributed by atoms with Crippen LogP contribution < -0.4 is 5.32 Å². The maximum absolute atomic E-state index is 12.1. The maximum atomic E-state index is 12.1. The second-order valence-corrected chi connectivity index (χ2v) is 5.98. The van der Waals surface area contributed by atoms with Gasteiger partial charge in [0.1, 0.15) is 0 Å². The highest BCUT2D eigenvalue weighted by Gasteiger charge is 2.26. The second kappa shape index (κ2) is 5.85. The summed E-state index contributed by atoms with van der Waals surface area (Å²) in [7, 11) is 0. The molecule has 0 aromatic heterocycles. The van der Waals surface area contributed by atoms with E-state index in [1.165, 1.54) is 12.8 Å². The van der Waals surface area contributed by atoms with E-state index in [0.717, 1.165) is 50.9 Å². The molecule has 3 nitrogen and oxygen atoms in total. The van der Waals surface area contributed by atoms with Gasteiger partial charge in [-0.15, -0.1) is 0 Å². The van der Waals surface area contributed by atoms with Crippen LogP contribution in [-0.4, -0.2) is 37.0 Å². The molecule has 1 N–H and O–H groups in total. The van der Waals surface area contributed by atoms with Crippen molar-refractivity contribution in [1.82, 2.24) is 10.2 Å². The normalized spacial score (nSPS) is 34.0. The zero-order valence-electron chi connectivity index (χ0n) is 11.2. The first-order valence-electron chi connectivity index (χ1n) is 7.15. The zero-order chi connectivity index (χ0) is 12.3. The predicted molar refractivity (Wildman–Crippen MR) is 69.7 cm³/mol. The van der Waals surface area contributed by atoms with E-state index >= 15 is 0 Å². The molecule has 3 atom stereocenters. The van der Waals surface area contributed by atoms with Crippen LogP contribution in [0.4, 0.5) is 0 Å². The van der Waals surface area contributed by atoms with E-state index in [1.54, 1.807) is 0 Å². The molecule has 2 aliphatic rings. The molecule has 3 heteroatoms. The molecule has 17 heavy (non-hydrogen) atoms. The number of hydrogen-bond acceptors (Lipinski definition) is 2. The van der Waals surface area contributed by atoms with Crippen molar-refractivity contribution in [1.29, 1.82) is 0 Å². The molecular weight excluding hydrogens is 212 g/mol. The largest absolute Gasteiger partial charge is 0.342 e. The Kier molecular flexibility index (Phi) is 4.43. The highest BCUT2D eigenvalue weighted by molar-refractivity contribution is 5.76. The molecule has 0 spiro atoms. The lowest BCUT2D eigenvalue weighted by molar-refractivity contribution is -0.133. The fraction of sp³-hybridized carbons (Fsp3) is 0.929. The van der Waals surface area contributed by atoms with Crippen molar-refractivity contribution in [3.63, 3.8) is 0 Å². The van der Waals surface area contributed by atoms with Crippen molar-refractivity contribution in [3.8, 4) is 0 Å². The molecular formula is C14H26N2O. The van der Waals surface area contributed by atoms with Gasteiger partial charge in [0.25, 0.3) is 0 Å². The van der Waals surface area contributed by atoms with E-state index in [1.807, 2.05) is 0 Å². The summed E-state index contributed by atoms with van der Waals surface area (Å²) in [6, 6.07) is 0. The Morgan fingerprint density at radius 3 is 2.76 bits per heavy atom. The van der Waals surface area contributed by atoms with Gasteiger partial charge in [0.15, 0.2) is 0 Å². The van der Waals surface area contributed by atoms with Crippen molar-refractivity contribution in [3.05, 3.63) is 0 Å². The van der Waals surface area contributed by atoms with Crippen molar-refractivity contribution in [2.45, 2.75) is 39.5 Å². The van der Waals surface area contributed by atoms with Gasteiger partial charge in [-0.25, -0.2) is 0 Å². The van der Waals surface area contributed by atoms with Crippen LogP contribution in [0.3, 0.4) is 0 Å². The Bertz CT molecular complexity index is 261. The van der Waals surface area contributed by atoms with Crippen LogP contribution in [-0.2, 0) is 4.79 Å². The van der Waals surface area contributed by atoms with Crippen LogP contribution >= 0.6 is 0 Å². The number of carbonyl (C=O) groups is 1. The number of likely N-dealkylation sites (tertiary alicyclic amines) is 1. The monoisotopic (exact) mass is 238 g/mol. The molecule has 3 unspecified atom stereocenters. The number of nitrogens with zero attached hydrogens (tertiary/aromatic N) is 1. The van der Waals surface area contributed by atoms with Gasteiger partial charge in [-0.2, -0.15) is 0 Å². The summed E-state index contributed by atoms with van der Waals surface area (Å²) < 4.78 is 0. The summed E-state index contributed by atoms with van der Waals surface area (Å²) >= 11 is 0. The second-order valence-electron chi connectivity index (χ2n) is 5.98. The molecule has 0 saturated carbocycles. The van der Waals surface area contributed by atoms with Gasteiger partial charge in [-0.3, -0.25) is 4.79 Å². The van der Waals surface area contributed by atoms with Gasteiger partial charge in [0, 0.05) is 19.5 Å². The Labute approximate surface area is 105 Å². The standard InChI is InChI=1S/C14H26N2O/c1-11-6-8-16(10-12(11)2)14(17)4-3-13-5-7-15-9-13/h11-13,15H,3-10H2,1-2H3. The lowest BCUT2D eigenvalue weighted by Gasteiger charge is -2.35. The maximum Gasteiger partial charge on any atom is 0.222 e. The fourth-order valence-corrected chi connectivity index (χ4v) is 2.94. The first-order valence-corrected chi connectivity index (χ1v) is 7.15. The third-order valence-corrected chi connectivity index (χ3v) is 4.62. The summed E-state index contributed by atoms with van der Waals surface area (Å²) in [5.41, 5.74) is 0. The van der Waals surface area contributed by atoms with Crippen molar-refractivity contribution >= 4 is 5.91 Å². The number of hydrogen-bond donors (Lipinski definition) is 1. The van der Waals surface area contributed by atoms with E-state index in [4.69, 9.17) is 0 Å². The van der Waals surface area contributed by atoms with E-state index in [0.29, 0.717) is 11.8 Å². The number of nitrogens with one attached hydrogen (secondary N) is 1. The van der Waals surface area contributed by atoms with Crippen LogP contribution in [0.2, 0.25) is 0 Å². The average Bonchev–Trinajstić information content (AvgIpc) is 2.82. The predicted octanol–water partition coefficient (Wildman–Crippen LogP) is 1.88. The third-order valence-electron chi connectivity index (χ3n) is 4.62. The number of carbonyl (C=O) groups excluding carboxylic acids is 1. The Balaban J connectivity index is 1.72. The number of amides is 1. The molecule has 2 fully saturated rings. The highest BCUT2D eigenvalue weighted by Crippen LogP contribution is 2.23. The summed E-state index contributed by atoms with van der Waals surface area (Å²) in [6.45, 7) is 8.77. The molecule has 0 aromatic rings. The van der Waals surface area contributed by atoms with E-state index < -0.39 is 0 Å². The zero-order valence-corrected chi connectivity index (χ0v) is 11.2. The summed E-state index contributed by atoms with van der Waals surface area (Å²) in [4.78, 5) is 14.2. The van der Waals surface area contributed by atoms with Gasteiger partial charge in [0.2, 0.25) is 5.91 Å². The molecule has 0 radical (unpaired) electrons. The average molecular weight is 238 g/mol. The molecule has 0 aliphatic carbocycles.